The van der Waals surface area contributed by atoms with Crippen molar-refractivity contribution < 1.29 is 18.8 Å². The molecule has 23 heavy (non-hydrogen) atoms. The van der Waals surface area contributed by atoms with Gasteiger partial charge in [0.05, 0.1) is 11.3 Å². The average Bonchev–Trinajstić information content (AvgIpc) is 2.90. The molecule has 7 heteroatoms. The van der Waals surface area contributed by atoms with Crippen LogP contribution in [0.3, 0.4) is 0 Å². The van der Waals surface area contributed by atoms with Crippen LogP contribution in [-0.2, 0) is 11.2 Å². The van der Waals surface area contributed by atoms with Crippen LogP contribution in [0.2, 0.25) is 0 Å². The van der Waals surface area contributed by atoms with Crippen molar-refractivity contribution in [2.75, 3.05) is 0 Å². The number of nitrogens with one attached hydrogen (secondary N) is 1. The minimum atomic E-state index is -0.538. The van der Waals surface area contributed by atoms with E-state index < -0.39 is 10.9 Å². The molecule has 116 valence electrons. The molecule has 0 bridgehead atoms. The molecule has 0 saturated heterocycles. The van der Waals surface area contributed by atoms with Crippen molar-refractivity contribution in [1.82, 2.24) is 4.98 Å². The molecule has 3 aromatic rings. The van der Waals surface area contributed by atoms with Gasteiger partial charge in [0.25, 0.3) is 5.69 Å². The predicted molar refractivity (Wildman–Crippen MR) is 80.7 cm³/mol. The van der Waals surface area contributed by atoms with E-state index >= 15 is 0 Å². The first-order chi connectivity index (χ1) is 11.0. The number of H-pyrrole nitrogens is 1. The zero-order valence-corrected chi connectivity index (χ0v) is 11.8. The Morgan fingerprint density at radius 3 is 2.65 bits per heavy atom. The van der Waals surface area contributed by atoms with Crippen molar-refractivity contribution in [2.24, 2.45) is 0 Å². The van der Waals surface area contributed by atoms with Gasteiger partial charge < -0.3 is 9.72 Å². The summed E-state index contributed by atoms with van der Waals surface area (Å²) in [5.74, 6) is -0.710. The van der Waals surface area contributed by atoms with Gasteiger partial charge in [-0.2, -0.15) is 0 Å². The molecule has 0 atom stereocenters. The van der Waals surface area contributed by atoms with Crippen LogP contribution in [0.4, 0.5) is 10.1 Å². The molecule has 0 fully saturated rings. The minimum Gasteiger partial charge on any atom is -0.426 e. The van der Waals surface area contributed by atoms with E-state index in [1.54, 1.807) is 12.3 Å². The molecule has 2 aromatic carbocycles. The monoisotopic (exact) mass is 314 g/mol. The molecule has 0 radical (unpaired) electrons. The lowest BCUT2D eigenvalue weighted by Gasteiger charge is -2.03. The molecule has 6 nitrogen and oxygen atoms in total. The fraction of sp³-hybridized carbons (Fsp3) is 0.0625. The van der Waals surface area contributed by atoms with Crippen molar-refractivity contribution in [3.8, 4) is 5.75 Å². The Kier molecular flexibility index (Phi) is 3.76. The number of aromatic amines is 1. The third-order valence-corrected chi connectivity index (χ3v) is 3.34. The van der Waals surface area contributed by atoms with Crippen LogP contribution >= 0.6 is 0 Å². The highest BCUT2D eigenvalue weighted by Gasteiger charge is 2.12. The first-order valence-electron chi connectivity index (χ1n) is 6.73. The number of carbonyl (C=O) groups is 1. The van der Waals surface area contributed by atoms with E-state index in [1.807, 2.05) is 0 Å². The van der Waals surface area contributed by atoms with Gasteiger partial charge in [-0.15, -0.1) is 0 Å². The quantitative estimate of drug-likeness (QED) is 0.346. The molecule has 0 aliphatic carbocycles. The molecule has 0 unspecified atom stereocenters. The number of ether oxygens (including phenoxy) is 1. The topological polar surface area (TPSA) is 85.2 Å². The van der Waals surface area contributed by atoms with Crippen molar-refractivity contribution in [3.63, 3.8) is 0 Å². The molecule has 0 aliphatic heterocycles. The van der Waals surface area contributed by atoms with Gasteiger partial charge in [0, 0.05) is 29.2 Å². The fourth-order valence-electron chi connectivity index (χ4n) is 2.26. The number of rotatable bonds is 4. The first-order valence-corrected chi connectivity index (χ1v) is 6.73. The average molecular weight is 314 g/mol. The summed E-state index contributed by atoms with van der Waals surface area (Å²) in [6.45, 7) is 0. The number of nitrogens with zero attached hydrogens (tertiary/aromatic N) is 1. The predicted octanol–water partition coefficient (Wildman–Crippen LogP) is 3.36. The summed E-state index contributed by atoms with van der Waals surface area (Å²) in [5, 5.41) is 11.2. The highest BCUT2D eigenvalue weighted by atomic mass is 19.1. The summed E-state index contributed by atoms with van der Waals surface area (Å²) in [7, 11) is 0. The zero-order valence-electron chi connectivity index (χ0n) is 11.8. The van der Waals surface area contributed by atoms with Gasteiger partial charge in [0.2, 0.25) is 0 Å². The maximum Gasteiger partial charge on any atom is 0.315 e. The second-order valence-electron chi connectivity index (χ2n) is 4.91. The molecule has 1 aromatic heterocycles. The summed E-state index contributed by atoms with van der Waals surface area (Å²) >= 11 is 0. The van der Waals surface area contributed by atoms with Gasteiger partial charge in [0.15, 0.2) is 0 Å². The van der Waals surface area contributed by atoms with Gasteiger partial charge >= 0.3 is 5.97 Å². The van der Waals surface area contributed by atoms with Gasteiger partial charge in [0.1, 0.15) is 11.6 Å². The number of esters is 1. The highest BCUT2D eigenvalue weighted by molar-refractivity contribution is 5.87. The molecule has 1 N–H and O–H groups in total. The van der Waals surface area contributed by atoms with Crippen LogP contribution in [0, 0.1) is 15.9 Å². The summed E-state index contributed by atoms with van der Waals surface area (Å²) in [5.41, 5.74) is 1.26. The first kappa shape index (κ1) is 14.7. The lowest BCUT2D eigenvalue weighted by Crippen LogP contribution is -2.11. The molecule has 1 heterocycles. The van der Waals surface area contributed by atoms with Crippen molar-refractivity contribution in [2.45, 2.75) is 6.42 Å². The maximum atomic E-state index is 13.3. The van der Waals surface area contributed by atoms with Crippen molar-refractivity contribution >= 4 is 22.6 Å². The van der Waals surface area contributed by atoms with Crippen LogP contribution in [0.25, 0.3) is 10.9 Å². The van der Waals surface area contributed by atoms with E-state index in [0.29, 0.717) is 10.9 Å². The smallest absolute Gasteiger partial charge is 0.315 e. The second-order valence-corrected chi connectivity index (χ2v) is 4.91. The molecule has 0 amide bonds. The van der Waals surface area contributed by atoms with E-state index in [2.05, 4.69) is 4.98 Å². The summed E-state index contributed by atoms with van der Waals surface area (Å²) < 4.78 is 18.4. The van der Waals surface area contributed by atoms with Gasteiger partial charge in [-0.25, -0.2) is 4.39 Å². The van der Waals surface area contributed by atoms with Crippen molar-refractivity contribution in [3.05, 3.63) is 70.2 Å². The molecule has 0 saturated carbocycles. The van der Waals surface area contributed by atoms with Crippen LogP contribution in [0.5, 0.6) is 5.75 Å². The van der Waals surface area contributed by atoms with Crippen LogP contribution in [0.15, 0.2) is 48.7 Å². The Hall–Kier alpha value is -3.22. The molecular weight excluding hydrogens is 303 g/mol. The number of fused-ring (bicyclic) bond motifs is 1. The van der Waals surface area contributed by atoms with Crippen LogP contribution < -0.4 is 4.74 Å². The zero-order chi connectivity index (χ0) is 16.4. The number of benzene rings is 2. The van der Waals surface area contributed by atoms with E-state index in [-0.39, 0.29) is 23.7 Å². The van der Waals surface area contributed by atoms with E-state index in [0.717, 1.165) is 5.52 Å². The number of non-ortho nitro benzene ring substituents is 1. The van der Waals surface area contributed by atoms with Crippen LogP contribution in [0.1, 0.15) is 5.56 Å². The molecule has 3 rings (SSSR count). The normalized spacial score (nSPS) is 10.7. The third-order valence-electron chi connectivity index (χ3n) is 3.34. The SMILES string of the molecule is O=C(Cc1c[nH]c2ccc(F)cc12)Oc1ccc([N+](=O)[O-])cc1. The largest absolute Gasteiger partial charge is 0.426 e. The standard InChI is InChI=1S/C16H11FN2O4/c17-11-1-6-15-14(8-11)10(9-18-15)7-16(20)23-13-4-2-12(3-5-13)19(21)22/h1-6,8-9,18H,7H2. The Morgan fingerprint density at radius 2 is 1.96 bits per heavy atom. The number of hydrogen-bond donors (Lipinski definition) is 1. The third kappa shape index (κ3) is 3.18. The number of nitro groups is 1. The Labute approximate surface area is 129 Å². The van der Waals surface area contributed by atoms with Crippen LogP contribution in [-0.4, -0.2) is 15.9 Å². The lowest BCUT2D eigenvalue weighted by atomic mass is 10.1. The summed E-state index contributed by atoms with van der Waals surface area (Å²) in [6.07, 6.45) is 1.58. The molecule has 0 spiro atoms. The highest BCUT2D eigenvalue weighted by Crippen LogP contribution is 2.21. The van der Waals surface area contributed by atoms with Gasteiger partial charge in [-0.3, -0.25) is 14.9 Å². The minimum absolute atomic E-state index is 0.0412. The Morgan fingerprint density at radius 1 is 1.22 bits per heavy atom. The summed E-state index contributed by atoms with van der Waals surface area (Å²) in [4.78, 5) is 24.9. The number of nitro benzene ring substituents is 1. The van der Waals surface area contributed by atoms with Crippen molar-refractivity contribution in [1.29, 1.82) is 0 Å². The van der Waals surface area contributed by atoms with Gasteiger partial charge in [-0.1, -0.05) is 0 Å². The van der Waals surface area contributed by atoms with E-state index in [9.17, 15) is 19.3 Å². The molecule has 0 aliphatic rings. The summed E-state index contributed by atoms with van der Waals surface area (Å²) in [6, 6.07) is 9.48. The Balaban J connectivity index is 1.73. The maximum absolute atomic E-state index is 13.3. The number of carbonyl (C=O) groups excluding carboxylic acids is 1. The molecular formula is C16H11FN2O4. The van der Waals surface area contributed by atoms with Gasteiger partial charge in [-0.05, 0) is 35.9 Å². The fourth-order valence-corrected chi connectivity index (χ4v) is 2.26. The number of aromatic nitrogens is 1. The van der Waals surface area contributed by atoms with E-state index in [4.69, 9.17) is 4.74 Å². The number of hydrogen-bond acceptors (Lipinski definition) is 4. The number of halogens is 1. The van der Waals surface area contributed by atoms with E-state index in [1.165, 1.54) is 36.4 Å². The second kappa shape index (κ2) is 5.88. The lowest BCUT2D eigenvalue weighted by molar-refractivity contribution is -0.384. The Bertz CT molecular complexity index is 887.